The summed E-state index contributed by atoms with van der Waals surface area (Å²) in [5.74, 6) is 0.251. The van der Waals surface area contributed by atoms with Gasteiger partial charge in [-0.2, -0.15) is 0 Å². The van der Waals surface area contributed by atoms with E-state index in [1.54, 1.807) is 6.92 Å². The maximum atomic E-state index is 11.2. The van der Waals surface area contributed by atoms with Crippen LogP contribution in [-0.2, 0) is 16.4 Å². The monoisotopic (exact) mass is 262 g/mol. The lowest BCUT2D eigenvalue weighted by Crippen LogP contribution is -2.23. The largest absolute Gasteiger partial charge is 0.433 e. The van der Waals surface area contributed by atoms with Gasteiger partial charge in [-0.1, -0.05) is 6.92 Å². The summed E-state index contributed by atoms with van der Waals surface area (Å²) in [6, 6.07) is 2.75. The molecule has 96 valence electrons. The van der Waals surface area contributed by atoms with Gasteiger partial charge in [0.1, 0.15) is 10.7 Å². The lowest BCUT2D eigenvalue weighted by Gasteiger charge is -2.02. The number of nitro groups is 1. The number of nitrogens with zero attached hydrogens (tertiary/aromatic N) is 1. The number of furan rings is 1. The van der Waals surface area contributed by atoms with Crippen molar-refractivity contribution >= 4 is 15.7 Å². The molecule has 0 aliphatic heterocycles. The van der Waals surface area contributed by atoms with Gasteiger partial charge in [-0.3, -0.25) is 10.1 Å². The average Bonchev–Trinajstić information content (AvgIpc) is 2.73. The zero-order chi connectivity index (χ0) is 12.9. The lowest BCUT2D eigenvalue weighted by molar-refractivity contribution is -0.402. The summed E-state index contributed by atoms with van der Waals surface area (Å²) in [4.78, 5) is 9.71. The number of nitrogens with one attached hydrogen (secondary N) is 1. The summed E-state index contributed by atoms with van der Waals surface area (Å²) in [5.41, 5.74) is 0. The fourth-order valence-corrected chi connectivity index (χ4v) is 1.89. The Morgan fingerprint density at radius 2 is 2.18 bits per heavy atom. The van der Waals surface area contributed by atoms with Gasteiger partial charge in [0.25, 0.3) is 0 Å². The Balaban J connectivity index is 2.34. The summed E-state index contributed by atoms with van der Waals surface area (Å²) >= 11 is 0. The van der Waals surface area contributed by atoms with E-state index in [1.807, 2.05) is 0 Å². The van der Waals surface area contributed by atoms with E-state index in [-0.39, 0.29) is 23.9 Å². The molecule has 1 rings (SSSR count). The van der Waals surface area contributed by atoms with Gasteiger partial charge in [-0.25, -0.2) is 8.42 Å². The van der Waals surface area contributed by atoms with Crippen molar-refractivity contribution in [3.8, 4) is 0 Å². The van der Waals surface area contributed by atoms with Crippen LogP contribution in [0.2, 0.25) is 0 Å². The van der Waals surface area contributed by atoms with Crippen LogP contribution in [0.4, 0.5) is 5.88 Å². The average molecular weight is 262 g/mol. The van der Waals surface area contributed by atoms with E-state index in [0.29, 0.717) is 12.3 Å². The summed E-state index contributed by atoms with van der Waals surface area (Å²) in [6.45, 7) is 2.16. The highest BCUT2D eigenvalue weighted by molar-refractivity contribution is 7.91. The third-order valence-corrected chi connectivity index (χ3v) is 3.86. The summed E-state index contributed by atoms with van der Waals surface area (Å²) < 4.78 is 27.2. The van der Waals surface area contributed by atoms with Crippen molar-refractivity contribution in [1.82, 2.24) is 5.32 Å². The van der Waals surface area contributed by atoms with E-state index in [4.69, 9.17) is 4.42 Å². The quantitative estimate of drug-likeness (QED) is 0.441. The molecule has 1 aromatic rings. The molecular formula is C9H14N2O5S. The van der Waals surface area contributed by atoms with E-state index in [0.717, 1.165) is 0 Å². The minimum absolute atomic E-state index is 0.0479. The van der Waals surface area contributed by atoms with E-state index in [9.17, 15) is 18.5 Å². The van der Waals surface area contributed by atoms with E-state index >= 15 is 0 Å². The number of hydrogen-bond acceptors (Lipinski definition) is 6. The molecule has 0 amide bonds. The minimum Gasteiger partial charge on any atom is -0.404 e. The van der Waals surface area contributed by atoms with Crippen LogP contribution in [0.1, 0.15) is 12.7 Å². The van der Waals surface area contributed by atoms with Crippen LogP contribution in [0, 0.1) is 10.1 Å². The highest BCUT2D eigenvalue weighted by Gasteiger charge is 2.11. The maximum Gasteiger partial charge on any atom is 0.433 e. The normalized spacial score (nSPS) is 11.6. The van der Waals surface area contributed by atoms with Gasteiger partial charge in [0.05, 0.1) is 18.4 Å². The second-order valence-corrected chi connectivity index (χ2v) is 5.88. The molecule has 17 heavy (non-hydrogen) atoms. The van der Waals surface area contributed by atoms with Gasteiger partial charge in [-0.05, 0) is 6.07 Å². The summed E-state index contributed by atoms with van der Waals surface area (Å²) in [5, 5.41) is 13.2. The predicted octanol–water partition coefficient (Wildman–Crippen LogP) is 0.712. The predicted molar refractivity (Wildman–Crippen MR) is 61.4 cm³/mol. The van der Waals surface area contributed by atoms with Crippen LogP contribution in [0.3, 0.4) is 0 Å². The van der Waals surface area contributed by atoms with Gasteiger partial charge in [0, 0.05) is 12.3 Å². The molecule has 0 fully saturated rings. The first-order valence-corrected chi connectivity index (χ1v) is 6.91. The van der Waals surface area contributed by atoms with Gasteiger partial charge in [-0.15, -0.1) is 0 Å². The first kappa shape index (κ1) is 13.7. The Bertz CT molecular complexity index is 479. The first-order valence-electron chi connectivity index (χ1n) is 5.09. The molecule has 0 atom stereocenters. The molecule has 1 N–H and O–H groups in total. The van der Waals surface area contributed by atoms with Crippen molar-refractivity contribution in [3.63, 3.8) is 0 Å². The Hall–Kier alpha value is -1.41. The molecule has 0 aliphatic carbocycles. The van der Waals surface area contributed by atoms with Crippen LogP contribution in [0.25, 0.3) is 0 Å². The molecule has 0 spiro atoms. The number of sulfone groups is 1. The molecule has 0 bridgehead atoms. The highest BCUT2D eigenvalue weighted by atomic mass is 32.2. The van der Waals surface area contributed by atoms with Crippen molar-refractivity contribution in [1.29, 1.82) is 0 Å². The van der Waals surface area contributed by atoms with Crippen LogP contribution >= 0.6 is 0 Å². The second kappa shape index (κ2) is 5.78. The van der Waals surface area contributed by atoms with Gasteiger partial charge < -0.3 is 9.73 Å². The third-order valence-electron chi connectivity index (χ3n) is 2.16. The van der Waals surface area contributed by atoms with E-state index in [2.05, 4.69) is 5.32 Å². The van der Waals surface area contributed by atoms with E-state index in [1.165, 1.54) is 12.1 Å². The molecule has 0 unspecified atom stereocenters. The molecule has 1 heterocycles. The molecule has 1 aromatic heterocycles. The fourth-order valence-electron chi connectivity index (χ4n) is 1.14. The Morgan fingerprint density at radius 3 is 2.71 bits per heavy atom. The SMILES string of the molecule is CCS(=O)(=O)CCNCc1ccc([N+](=O)[O-])o1. The van der Waals surface area contributed by atoms with Crippen LogP contribution in [0.5, 0.6) is 0 Å². The van der Waals surface area contributed by atoms with Crippen LogP contribution in [0.15, 0.2) is 16.5 Å². The Labute approximate surface area is 98.9 Å². The van der Waals surface area contributed by atoms with Crippen molar-refractivity contribution < 1.29 is 17.8 Å². The molecule has 0 aromatic carbocycles. The van der Waals surface area contributed by atoms with E-state index < -0.39 is 14.8 Å². The topological polar surface area (TPSA) is 102 Å². The number of hydrogen-bond donors (Lipinski definition) is 1. The molecule has 0 aliphatic rings. The van der Waals surface area contributed by atoms with Gasteiger partial charge in [0.15, 0.2) is 9.84 Å². The Kier molecular flexibility index (Phi) is 4.64. The van der Waals surface area contributed by atoms with Crippen molar-refractivity contribution in [2.24, 2.45) is 0 Å². The lowest BCUT2D eigenvalue weighted by atomic mass is 10.4. The minimum atomic E-state index is -2.98. The highest BCUT2D eigenvalue weighted by Crippen LogP contribution is 2.14. The number of rotatable bonds is 7. The van der Waals surface area contributed by atoms with Crippen molar-refractivity contribution in [3.05, 3.63) is 28.0 Å². The summed E-state index contributed by atoms with van der Waals surface area (Å²) in [6.07, 6.45) is 0. The molecule has 8 heteroatoms. The maximum absolute atomic E-state index is 11.2. The Morgan fingerprint density at radius 1 is 1.47 bits per heavy atom. The first-order chi connectivity index (χ1) is 7.94. The van der Waals surface area contributed by atoms with Crippen molar-refractivity contribution in [2.75, 3.05) is 18.1 Å². The van der Waals surface area contributed by atoms with Crippen LogP contribution < -0.4 is 5.32 Å². The second-order valence-electron chi connectivity index (χ2n) is 3.41. The smallest absolute Gasteiger partial charge is 0.404 e. The molecule has 0 radical (unpaired) electrons. The standard InChI is InChI=1S/C9H14N2O5S/c1-2-17(14,15)6-5-10-7-8-3-4-9(16-8)11(12)13/h3-4,10H,2,5-7H2,1H3. The van der Waals surface area contributed by atoms with Crippen LogP contribution in [-0.4, -0.2) is 31.4 Å². The zero-order valence-corrected chi connectivity index (χ0v) is 10.2. The van der Waals surface area contributed by atoms with Gasteiger partial charge >= 0.3 is 5.88 Å². The zero-order valence-electron chi connectivity index (χ0n) is 9.38. The molecular weight excluding hydrogens is 248 g/mol. The molecule has 0 saturated heterocycles. The van der Waals surface area contributed by atoms with Gasteiger partial charge in [0.2, 0.25) is 0 Å². The van der Waals surface area contributed by atoms with Crippen molar-refractivity contribution in [2.45, 2.75) is 13.5 Å². The fraction of sp³-hybridized carbons (Fsp3) is 0.556. The molecule has 0 saturated carbocycles. The molecule has 7 nitrogen and oxygen atoms in total. The third kappa shape index (κ3) is 4.53. The summed E-state index contributed by atoms with van der Waals surface area (Å²) in [7, 11) is -2.98.